The summed E-state index contributed by atoms with van der Waals surface area (Å²) >= 11 is 3.36. The first kappa shape index (κ1) is 21.4. The second-order valence-corrected chi connectivity index (χ2v) is 7.12. The van der Waals surface area contributed by atoms with Crippen LogP contribution in [0.15, 0.2) is 33.7 Å². The molecule has 0 fully saturated rings. The number of nitrogens with one attached hydrogen (secondary N) is 3. The van der Waals surface area contributed by atoms with Gasteiger partial charge in [0.05, 0.1) is 12.1 Å². The standard InChI is InChI=1S/C18H29BrN4O2/c1-5-20-17(23-13-18(2,3)25-4)22-12-6-11-21-16(24)14-7-9-15(19)10-8-14/h7-10H,5-6,11-13H2,1-4H3,(H,21,24)(H2,20,22,23). The molecule has 1 rings (SSSR count). The lowest BCUT2D eigenvalue weighted by Gasteiger charge is -2.21. The number of aliphatic imine (C=N–C) groups is 1. The average Bonchev–Trinajstić information content (AvgIpc) is 2.59. The van der Waals surface area contributed by atoms with E-state index in [0.29, 0.717) is 18.7 Å². The Labute approximate surface area is 158 Å². The van der Waals surface area contributed by atoms with Gasteiger partial charge in [0, 0.05) is 36.8 Å². The number of ether oxygens (including phenoxy) is 1. The molecule has 0 aliphatic carbocycles. The molecule has 0 aliphatic rings. The monoisotopic (exact) mass is 412 g/mol. The van der Waals surface area contributed by atoms with Crippen molar-refractivity contribution >= 4 is 27.8 Å². The minimum absolute atomic E-state index is 0.0603. The smallest absolute Gasteiger partial charge is 0.251 e. The van der Waals surface area contributed by atoms with Crippen molar-refractivity contribution in [2.75, 3.05) is 33.3 Å². The minimum atomic E-state index is -0.291. The Morgan fingerprint density at radius 2 is 1.80 bits per heavy atom. The van der Waals surface area contributed by atoms with E-state index >= 15 is 0 Å². The number of rotatable bonds is 9. The summed E-state index contributed by atoms with van der Waals surface area (Å²) in [5.41, 5.74) is 0.369. The van der Waals surface area contributed by atoms with E-state index in [2.05, 4.69) is 36.9 Å². The van der Waals surface area contributed by atoms with Crippen molar-refractivity contribution in [2.45, 2.75) is 32.8 Å². The van der Waals surface area contributed by atoms with Gasteiger partial charge in [-0.15, -0.1) is 0 Å². The zero-order valence-electron chi connectivity index (χ0n) is 15.5. The van der Waals surface area contributed by atoms with E-state index in [1.807, 2.05) is 32.9 Å². The molecule has 0 atom stereocenters. The van der Waals surface area contributed by atoms with E-state index in [4.69, 9.17) is 4.74 Å². The molecule has 1 amide bonds. The third-order valence-electron chi connectivity index (χ3n) is 3.55. The van der Waals surface area contributed by atoms with Gasteiger partial charge < -0.3 is 20.7 Å². The Bertz CT molecular complexity index is 559. The Kier molecular flexibility index (Phi) is 9.52. The minimum Gasteiger partial charge on any atom is -0.377 e. The number of halogens is 1. The summed E-state index contributed by atoms with van der Waals surface area (Å²) in [6, 6.07) is 7.31. The molecule has 0 bridgehead atoms. The maximum absolute atomic E-state index is 12.0. The molecule has 1 aromatic carbocycles. The van der Waals surface area contributed by atoms with Crippen molar-refractivity contribution in [1.82, 2.24) is 16.0 Å². The number of nitrogens with zero attached hydrogens (tertiary/aromatic N) is 1. The highest BCUT2D eigenvalue weighted by Gasteiger charge is 2.15. The average molecular weight is 413 g/mol. The summed E-state index contributed by atoms with van der Waals surface area (Å²) in [4.78, 5) is 16.5. The predicted molar refractivity (Wildman–Crippen MR) is 106 cm³/mol. The summed E-state index contributed by atoms with van der Waals surface area (Å²) in [5, 5.41) is 9.38. The molecule has 0 saturated carbocycles. The third-order valence-corrected chi connectivity index (χ3v) is 4.08. The molecule has 0 spiro atoms. The summed E-state index contributed by atoms with van der Waals surface area (Å²) in [7, 11) is 1.68. The molecule has 0 heterocycles. The van der Waals surface area contributed by atoms with Crippen molar-refractivity contribution in [3.63, 3.8) is 0 Å². The molecule has 140 valence electrons. The van der Waals surface area contributed by atoms with Crippen molar-refractivity contribution in [3.05, 3.63) is 34.3 Å². The van der Waals surface area contributed by atoms with Crippen molar-refractivity contribution in [2.24, 2.45) is 4.99 Å². The first-order valence-electron chi connectivity index (χ1n) is 8.49. The van der Waals surface area contributed by atoms with Crippen LogP contribution in [0.3, 0.4) is 0 Å². The number of benzene rings is 1. The molecular formula is C18H29BrN4O2. The van der Waals surface area contributed by atoms with Crippen molar-refractivity contribution in [3.8, 4) is 0 Å². The van der Waals surface area contributed by atoms with Crippen LogP contribution in [-0.4, -0.2) is 50.8 Å². The Hall–Kier alpha value is -1.60. The van der Waals surface area contributed by atoms with Crippen LogP contribution in [0, 0.1) is 0 Å². The van der Waals surface area contributed by atoms with Crippen LogP contribution >= 0.6 is 15.9 Å². The number of hydrogen-bond donors (Lipinski definition) is 3. The molecule has 0 saturated heterocycles. The first-order valence-corrected chi connectivity index (χ1v) is 9.28. The highest BCUT2D eigenvalue weighted by Crippen LogP contribution is 2.10. The summed E-state index contributed by atoms with van der Waals surface area (Å²) in [6.07, 6.45) is 0.806. The van der Waals surface area contributed by atoms with Gasteiger partial charge in [-0.3, -0.25) is 9.79 Å². The second-order valence-electron chi connectivity index (χ2n) is 6.20. The van der Waals surface area contributed by atoms with Crippen LogP contribution in [-0.2, 0) is 4.74 Å². The fourth-order valence-electron chi connectivity index (χ4n) is 1.88. The van der Waals surface area contributed by atoms with Gasteiger partial charge in [-0.25, -0.2) is 0 Å². The van der Waals surface area contributed by atoms with E-state index in [1.165, 1.54) is 0 Å². The maximum atomic E-state index is 12.0. The molecule has 0 radical (unpaired) electrons. The lowest BCUT2D eigenvalue weighted by molar-refractivity contribution is 0.0310. The summed E-state index contributed by atoms with van der Waals surface area (Å²) in [6.45, 7) is 8.70. The lowest BCUT2D eigenvalue weighted by Crippen LogP contribution is -2.40. The summed E-state index contributed by atoms with van der Waals surface area (Å²) in [5.74, 6) is 0.696. The second kappa shape index (κ2) is 11.1. The van der Waals surface area contributed by atoms with E-state index in [9.17, 15) is 4.79 Å². The largest absolute Gasteiger partial charge is 0.377 e. The number of guanidine groups is 1. The molecule has 6 nitrogen and oxygen atoms in total. The zero-order chi connectivity index (χ0) is 18.7. The highest BCUT2D eigenvalue weighted by atomic mass is 79.9. The SMILES string of the molecule is CCNC(=NCC(C)(C)OC)NCCCNC(=O)c1ccc(Br)cc1. The highest BCUT2D eigenvalue weighted by molar-refractivity contribution is 9.10. The van der Waals surface area contributed by atoms with Crippen LogP contribution in [0.5, 0.6) is 0 Å². The van der Waals surface area contributed by atoms with Crippen LogP contribution < -0.4 is 16.0 Å². The van der Waals surface area contributed by atoms with Crippen molar-refractivity contribution in [1.29, 1.82) is 0 Å². The molecule has 0 aliphatic heterocycles. The van der Waals surface area contributed by atoms with Gasteiger partial charge in [0.1, 0.15) is 0 Å². The van der Waals surface area contributed by atoms with Gasteiger partial charge in [0.2, 0.25) is 0 Å². The normalized spacial score (nSPS) is 12.0. The van der Waals surface area contributed by atoms with Gasteiger partial charge in [0.25, 0.3) is 5.91 Å². The Morgan fingerprint density at radius 1 is 1.16 bits per heavy atom. The van der Waals surface area contributed by atoms with Gasteiger partial charge in [-0.05, 0) is 51.5 Å². The molecule has 25 heavy (non-hydrogen) atoms. The number of amides is 1. The lowest BCUT2D eigenvalue weighted by atomic mass is 10.1. The Morgan fingerprint density at radius 3 is 2.40 bits per heavy atom. The van der Waals surface area contributed by atoms with E-state index in [1.54, 1.807) is 19.2 Å². The molecule has 0 aromatic heterocycles. The molecular weight excluding hydrogens is 384 g/mol. The van der Waals surface area contributed by atoms with E-state index in [-0.39, 0.29) is 11.5 Å². The summed E-state index contributed by atoms with van der Waals surface area (Å²) < 4.78 is 6.33. The third kappa shape index (κ3) is 8.88. The molecule has 1 aromatic rings. The number of carbonyl (C=O) groups excluding carboxylic acids is 1. The quantitative estimate of drug-likeness (QED) is 0.331. The van der Waals surface area contributed by atoms with Gasteiger partial charge in [-0.2, -0.15) is 0 Å². The van der Waals surface area contributed by atoms with Gasteiger partial charge in [-0.1, -0.05) is 15.9 Å². The number of hydrogen-bond acceptors (Lipinski definition) is 3. The first-order chi connectivity index (χ1) is 11.9. The topological polar surface area (TPSA) is 74.8 Å². The number of carbonyl (C=O) groups is 1. The van der Waals surface area contributed by atoms with Crippen LogP contribution in [0.1, 0.15) is 37.6 Å². The Balaban J connectivity index is 2.32. The fourth-order valence-corrected chi connectivity index (χ4v) is 2.14. The zero-order valence-corrected chi connectivity index (χ0v) is 17.1. The van der Waals surface area contributed by atoms with Crippen LogP contribution in [0.2, 0.25) is 0 Å². The van der Waals surface area contributed by atoms with Crippen molar-refractivity contribution < 1.29 is 9.53 Å². The van der Waals surface area contributed by atoms with Gasteiger partial charge >= 0.3 is 0 Å². The van der Waals surface area contributed by atoms with E-state index < -0.39 is 0 Å². The fraction of sp³-hybridized carbons (Fsp3) is 0.556. The van der Waals surface area contributed by atoms with Crippen LogP contribution in [0.4, 0.5) is 0 Å². The van der Waals surface area contributed by atoms with Crippen LogP contribution in [0.25, 0.3) is 0 Å². The molecule has 3 N–H and O–H groups in total. The molecule has 0 unspecified atom stereocenters. The number of methoxy groups -OCH3 is 1. The maximum Gasteiger partial charge on any atom is 0.251 e. The molecule has 7 heteroatoms. The van der Waals surface area contributed by atoms with E-state index in [0.717, 1.165) is 29.9 Å². The van der Waals surface area contributed by atoms with Gasteiger partial charge in [0.15, 0.2) is 5.96 Å². The predicted octanol–water partition coefficient (Wildman–Crippen LogP) is 2.55.